The molecule has 2 aliphatic rings. The number of anilines is 2. The molecule has 2 heterocycles. The molecule has 25 heteroatoms. The average Bonchev–Trinajstić information content (AvgIpc) is 3.77. The zero-order chi connectivity index (χ0) is 52.2. The van der Waals surface area contributed by atoms with Gasteiger partial charge in [0, 0.05) is 37.4 Å². The summed E-state index contributed by atoms with van der Waals surface area (Å²) < 4.78 is 173. The summed E-state index contributed by atoms with van der Waals surface area (Å²) in [5, 5.41) is -1.57. The van der Waals surface area contributed by atoms with Crippen LogP contribution in [-0.2, 0) is 55.3 Å². The van der Waals surface area contributed by atoms with Gasteiger partial charge in [0.1, 0.15) is 5.60 Å². The number of esters is 1. The maximum atomic E-state index is 14.4. The van der Waals surface area contributed by atoms with E-state index in [9.17, 15) is 67.1 Å². The number of amides is 2. The fourth-order valence-corrected chi connectivity index (χ4v) is 9.13. The van der Waals surface area contributed by atoms with Gasteiger partial charge in [-0.3, -0.25) is 14.4 Å². The first-order valence-corrected chi connectivity index (χ1v) is 22.2. The molecular formula is C44H35Cl6F12N3O4. The third-order valence-corrected chi connectivity index (χ3v) is 13.6. The zero-order valence-corrected chi connectivity index (χ0v) is 40.2. The molecule has 2 fully saturated rings. The van der Waals surface area contributed by atoms with Gasteiger partial charge in [-0.2, -0.15) is 52.7 Å². The Balaban J connectivity index is 0.000000263. The second kappa shape index (κ2) is 20.0. The van der Waals surface area contributed by atoms with E-state index in [2.05, 4.69) is 0 Å². The minimum Gasteiger partial charge on any atom is -0.460 e. The summed E-state index contributed by atoms with van der Waals surface area (Å²) in [5.74, 6) is -3.63. The zero-order valence-electron chi connectivity index (χ0n) is 35.6. The summed E-state index contributed by atoms with van der Waals surface area (Å²) in [6.07, 6.45) is -22.1. The highest BCUT2D eigenvalue weighted by Gasteiger charge is 2.67. The predicted molar refractivity (Wildman–Crippen MR) is 237 cm³/mol. The molecule has 2 unspecified atom stereocenters. The summed E-state index contributed by atoms with van der Waals surface area (Å²) in [7, 11) is 0. The van der Waals surface area contributed by atoms with Crippen LogP contribution in [0.3, 0.4) is 0 Å². The molecule has 2 saturated heterocycles. The number of carbonyl (C=O) groups excluding carboxylic acids is 3. The van der Waals surface area contributed by atoms with Crippen molar-refractivity contribution in [3.8, 4) is 0 Å². The van der Waals surface area contributed by atoms with Crippen LogP contribution in [-0.4, -0.2) is 48.8 Å². The van der Waals surface area contributed by atoms with Gasteiger partial charge in [0.2, 0.25) is 11.8 Å². The number of hydrogen-bond acceptors (Lipinski definition) is 5. The van der Waals surface area contributed by atoms with E-state index < -0.39 is 114 Å². The summed E-state index contributed by atoms with van der Waals surface area (Å²) >= 11 is 35.2. The minimum atomic E-state index is -5.13. The molecule has 2 N–H and O–H groups in total. The molecule has 0 radical (unpaired) electrons. The number of carbonyl (C=O) groups is 3. The molecule has 69 heavy (non-hydrogen) atoms. The average molecular weight is 1110 g/mol. The second-order valence-electron chi connectivity index (χ2n) is 16.7. The van der Waals surface area contributed by atoms with Crippen LogP contribution in [0.2, 0.25) is 30.1 Å². The van der Waals surface area contributed by atoms with E-state index in [1.165, 1.54) is 0 Å². The molecule has 0 aliphatic carbocycles. The Morgan fingerprint density at radius 3 is 1.26 bits per heavy atom. The number of ether oxygens (including phenoxy) is 1. The van der Waals surface area contributed by atoms with Gasteiger partial charge in [0.05, 0.1) is 41.3 Å². The van der Waals surface area contributed by atoms with Crippen molar-refractivity contribution in [3.05, 3.63) is 124 Å². The van der Waals surface area contributed by atoms with E-state index in [0.29, 0.717) is 21.9 Å². The second-order valence-corrected chi connectivity index (χ2v) is 19.1. The van der Waals surface area contributed by atoms with E-state index in [0.717, 1.165) is 48.5 Å². The van der Waals surface area contributed by atoms with Gasteiger partial charge in [0.15, 0.2) is 10.8 Å². The van der Waals surface area contributed by atoms with Gasteiger partial charge in [-0.1, -0.05) is 81.7 Å². The number of nitrogens with zero attached hydrogens (tertiary/aromatic N) is 2. The third kappa shape index (κ3) is 11.3. The maximum Gasteiger partial charge on any atom is 0.416 e. The summed E-state index contributed by atoms with van der Waals surface area (Å²) in [6, 6.07) is 9.10. The molecule has 7 nitrogen and oxygen atoms in total. The largest absolute Gasteiger partial charge is 0.460 e. The van der Waals surface area contributed by atoms with Crippen molar-refractivity contribution in [2.45, 2.75) is 94.1 Å². The van der Waals surface area contributed by atoms with Crippen molar-refractivity contribution in [2.24, 2.45) is 5.73 Å². The Kier molecular flexibility index (Phi) is 16.2. The molecule has 0 spiro atoms. The first-order chi connectivity index (χ1) is 31.5. The lowest BCUT2D eigenvalue weighted by Gasteiger charge is -2.31. The standard InChI is InChI=1S/C25H22Cl3F6NO3.C19H13Cl3F6N2O/c1-22(2,3)38-19(36)7-5-13-4-6-15(12-16(13)24(29,30)31)35-9-8-23(21(35)37,25(32,33)34)14-10-17(26)20(28)18(27)11-14;20-13-5-10(6-14(21)15(13)22)17(19(26,27)28)3-4-30(16(17)31)11-2-1-9(8-29)12(7-11)18(23,24)25/h4,6,10-12H,5,7-9H2,1-3H3;1-2,5-7H,3-4,8,29H2. The van der Waals surface area contributed by atoms with Crippen LogP contribution >= 0.6 is 69.6 Å². The van der Waals surface area contributed by atoms with Crippen molar-refractivity contribution >= 4 is 98.8 Å². The summed E-state index contributed by atoms with van der Waals surface area (Å²) in [5.41, 5.74) is -6.26. The molecule has 6 rings (SSSR count). The number of alkyl halides is 12. The van der Waals surface area contributed by atoms with Crippen LogP contribution < -0.4 is 15.5 Å². The van der Waals surface area contributed by atoms with Crippen molar-refractivity contribution in [3.63, 3.8) is 0 Å². The van der Waals surface area contributed by atoms with E-state index in [1.807, 2.05) is 0 Å². The highest BCUT2D eigenvalue weighted by atomic mass is 35.5. The van der Waals surface area contributed by atoms with Gasteiger partial charge in [0.25, 0.3) is 0 Å². The van der Waals surface area contributed by atoms with Crippen LogP contribution in [0.25, 0.3) is 0 Å². The molecular weight excluding hydrogens is 1080 g/mol. The minimum absolute atomic E-state index is 0.182. The normalized spacial score (nSPS) is 19.3. The van der Waals surface area contributed by atoms with E-state index in [-0.39, 0.29) is 65.5 Å². The summed E-state index contributed by atoms with van der Waals surface area (Å²) in [4.78, 5) is 39.7. The fourth-order valence-electron chi connectivity index (χ4n) is 7.94. The van der Waals surface area contributed by atoms with E-state index in [1.54, 1.807) is 20.8 Å². The highest BCUT2D eigenvalue weighted by molar-refractivity contribution is 6.48. The maximum absolute atomic E-state index is 14.4. The van der Waals surface area contributed by atoms with Crippen LogP contribution in [0.4, 0.5) is 64.1 Å². The Labute approximate surface area is 415 Å². The lowest BCUT2D eigenvalue weighted by molar-refractivity contribution is -0.191. The van der Waals surface area contributed by atoms with E-state index >= 15 is 0 Å². The monoisotopic (exact) mass is 1110 g/mol. The van der Waals surface area contributed by atoms with Gasteiger partial charge in [-0.15, -0.1) is 0 Å². The molecule has 2 atom stereocenters. The van der Waals surface area contributed by atoms with Crippen LogP contribution in [0.15, 0.2) is 60.7 Å². The predicted octanol–water partition coefficient (Wildman–Crippen LogP) is 14.5. The number of hydrogen-bond donors (Lipinski definition) is 1. The van der Waals surface area contributed by atoms with Crippen molar-refractivity contribution < 1.29 is 71.8 Å². The highest BCUT2D eigenvalue weighted by Crippen LogP contribution is 2.53. The first kappa shape index (κ1) is 56.1. The SMILES string of the molecule is CC(C)(C)OC(=O)CCc1ccc(N2CCC(c3cc(Cl)c(Cl)c(Cl)c3)(C(F)(F)F)C2=O)cc1C(F)(F)F.NCc1ccc(N2CCC(c3cc(Cl)c(Cl)c(Cl)c3)(C(F)(F)F)C2=O)cc1C(F)(F)F. The molecule has 0 bridgehead atoms. The number of rotatable bonds is 8. The molecule has 4 aromatic carbocycles. The van der Waals surface area contributed by atoms with Crippen molar-refractivity contribution in [2.75, 3.05) is 22.9 Å². The molecule has 376 valence electrons. The van der Waals surface area contributed by atoms with Crippen LogP contribution in [0.5, 0.6) is 0 Å². The first-order valence-electron chi connectivity index (χ1n) is 19.9. The Bertz CT molecular complexity index is 2610. The van der Waals surface area contributed by atoms with Crippen molar-refractivity contribution in [1.82, 2.24) is 0 Å². The topological polar surface area (TPSA) is 92.9 Å². The Hall–Kier alpha value is -3.85. The molecule has 4 aromatic rings. The van der Waals surface area contributed by atoms with Gasteiger partial charge < -0.3 is 20.3 Å². The van der Waals surface area contributed by atoms with Crippen LogP contribution in [0, 0.1) is 0 Å². The van der Waals surface area contributed by atoms with Gasteiger partial charge >= 0.3 is 30.7 Å². The lowest BCUT2D eigenvalue weighted by atomic mass is 9.78. The molecule has 2 aliphatic heterocycles. The quantitative estimate of drug-likeness (QED) is 0.108. The third-order valence-electron chi connectivity index (χ3n) is 11.2. The van der Waals surface area contributed by atoms with Gasteiger partial charge in [-0.25, -0.2) is 0 Å². The Morgan fingerprint density at radius 2 is 0.942 bits per heavy atom. The van der Waals surface area contributed by atoms with Gasteiger partial charge in [-0.05, 0) is 111 Å². The number of aryl methyl sites for hydroxylation is 1. The lowest BCUT2D eigenvalue weighted by Crippen LogP contribution is -2.49. The van der Waals surface area contributed by atoms with Crippen molar-refractivity contribution in [1.29, 1.82) is 0 Å². The Morgan fingerprint density at radius 1 is 0.594 bits per heavy atom. The summed E-state index contributed by atoms with van der Waals surface area (Å²) in [6.45, 7) is 3.40. The van der Waals surface area contributed by atoms with Crippen LogP contribution in [0.1, 0.15) is 73.4 Å². The smallest absolute Gasteiger partial charge is 0.416 e. The molecule has 0 saturated carbocycles. The number of benzene rings is 4. The fraction of sp³-hybridized carbons (Fsp3) is 0.386. The van der Waals surface area contributed by atoms with E-state index in [4.69, 9.17) is 80.1 Å². The number of halogens is 18. The molecule has 0 aromatic heterocycles. The number of nitrogens with two attached hydrogens (primary N) is 1. The molecule has 2 amide bonds.